The van der Waals surface area contributed by atoms with Gasteiger partial charge in [-0.15, -0.1) is 0 Å². The molecule has 0 saturated heterocycles. The molecule has 0 radical (unpaired) electrons. The van der Waals surface area contributed by atoms with E-state index in [0.717, 1.165) is 17.1 Å². The van der Waals surface area contributed by atoms with Gasteiger partial charge in [-0.3, -0.25) is 0 Å². The molecular weight excluding hydrogens is 783 g/mol. The van der Waals surface area contributed by atoms with Crippen LogP contribution in [0.1, 0.15) is 47.2 Å². The van der Waals surface area contributed by atoms with E-state index in [4.69, 9.17) is 0 Å². The summed E-state index contributed by atoms with van der Waals surface area (Å²) in [6.07, 6.45) is 0. The summed E-state index contributed by atoms with van der Waals surface area (Å²) in [6.45, 7) is 4.83. The van der Waals surface area contributed by atoms with Crippen LogP contribution in [0.2, 0.25) is 0 Å². The SMILES string of the molecule is CC1(C)c2cc(-c3ccc(-c4cccc(N(c5ccccc5)c5ccc(-c6ccccc6)cc5)c4)cc3)ccc2-c2c1ccc1c2-c2ccccc2C12c1ccccc1-c1ccccc12. The normalized spacial score (nSPS) is 13.9. The zero-order chi connectivity index (χ0) is 43.3. The van der Waals surface area contributed by atoms with E-state index in [2.05, 4.69) is 255 Å². The van der Waals surface area contributed by atoms with Gasteiger partial charge in [0.1, 0.15) is 0 Å². The second-order valence-corrected chi connectivity index (χ2v) is 18.4. The second kappa shape index (κ2) is 14.3. The quantitative estimate of drug-likeness (QED) is 0.161. The topological polar surface area (TPSA) is 3.24 Å². The van der Waals surface area contributed by atoms with E-state index in [9.17, 15) is 0 Å². The van der Waals surface area contributed by atoms with Gasteiger partial charge in [-0.25, -0.2) is 0 Å². The van der Waals surface area contributed by atoms with Gasteiger partial charge in [-0.1, -0.05) is 208 Å². The van der Waals surface area contributed by atoms with Crippen LogP contribution >= 0.6 is 0 Å². The van der Waals surface area contributed by atoms with Crippen molar-refractivity contribution in [2.24, 2.45) is 0 Å². The molecule has 0 aromatic heterocycles. The van der Waals surface area contributed by atoms with Crippen molar-refractivity contribution < 1.29 is 0 Å². The van der Waals surface area contributed by atoms with Crippen molar-refractivity contribution in [2.45, 2.75) is 24.7 Å². The molecule has 13 rings (SSSR count). The lowest BCUT2D eigenvalue weighted by Crippen LogP contribution is -2.26. The van der Waals surface area contributed by atoms with E-state index in [1.807, 2.05) is 0 Å². The van der Waals surface area contributed by atoms with Crippen LogP contribution in [0.25, 0.3) is 66.8 Å². The minimum atomic E-state index is -0.351. The van der Waals surface area contributed by atoms with Gasteiger partial charge in [0.25, 0.3) is 0 Å². The maximum absolute atomic E-state index is 2.47. The zero-order valence-electron chi connectivity index (χ0n) is 36.5. The van der Waals surface area contributed by atoms with E-state index in [1.165, 1.54) is 100 Å². The fourth-order valence-corrected chi connectivity index (χ4v) is 11.7. The number of para-hydroxylation sites is 1. The van der Waals surface area contributed by atoms with E-state index >= 15 is 0 Å². The molecule has 0 fully saturated rings. The molecule has 3 aliphatic rings. The number of hydrogen-bond donors (Lipinski definition) is 0. The van der Waals surface area contributed by atoms with Gasteiger partial charge in [-0.2, -0.15) is 0 Å². The van der Waals surface area contributed by atoms with Gasteiger partial charge >= 0.3 is 0 Å². The van der Waals surface area contributed by atoms with Crippen molar-refractivity contribution in [1.82, 2.24) is 0 Å². The predicted molar refractivity (Wildman–Crippen MR) is 271 cm³/mol. The number of fused-ring (bicyclic) bond motifs is 14. The Morgan fingerprint density at radius 2 is 0.677 bits per heavy atom. The average Bonchev–Trinajstić information content (AvgIpc) is 3.93. The van der Waals surface area contributed by atoms with Crippen molar-refractivity contribution in [3.63, 3.8) is 0 Å². The van der Waals surface area contributed by atoms with E-state index in [1.54, 1.807) is 0 Å². The van der Waals surface area contributed by atoms with Crippen molar-refractivity contribution in [1.29, 1.82) is 0 Å². The Balaban J connectivity index is 0.865. The first kappa shape index (κ1) is 37.5. The van der Waals surface area contributed by atoms with Crippen LogP contribution < -0.4 is 4.90 Å². The Hall–Kier alpha value is -8.00. The Morgan fingerprint density at radius 3 is 1.34 bits per heavy atom. The largest absolute Gasteiger partial charge is 0.310 e. The molecule has 10 aromatic rings. The average molecular weight is 828 g/mol. The summed E-state index contributed by atoms with van der Waals surface area (Å²) < 4.78 is 0. The smallest absolute Gasteiger partial charge is 0.0725 e. The number of nitrogens with zero attached hydrogens (tertiary/aromatic N) is 1. The molecule has 0 amide bonds. The third-order valence-corrected chi connectivity index (χ3v) is 14.7. The third-order valence-electron chi connectivity index (χ3n) is 14.7. The lowest BCUT2D eigenvalue weighted by molar-refractivity contribution is 0.660. The third kappa shape index (κ3) is 5.46. The van der Waals surface area contributed by atoms with Crippen LogP contribution in [-0.4, -0.2) is 0 Å². The molecule has 65 heavy (non-hydrogen) atoms. The standard InChI is InChI=1S/C64H45N/c1-63(2)58-38-39-59-62(53-24-11-14-27-57(53)64(59)55-25-12-9-22-51(55)52-23-10-13-26-56(52)64)61(58)54-37-34-47(41-60(54)63)45-30-28-44(29-31-45)46-18-15-21-50(40-46)65(48-19-7-4-8-20-48)49-35-32-43(33-36-49)42-16-5-3-6-17-42/h3-41H,1-2H3. The summed E-state index contributed by atoms with van der Waals surface area (Å²) in [5.74, 6) is 0. The number of rotatable bonds is 6. The van der Waals surface area contributed by atoms with E-state index in [0.29, 0.717) is 0 Å². The van der Waals surface area contributed by atoms with Gasteiger partial charge in [0.15, 0.2) is 0 Å². The monoisotopic (exact) mass is 827 g/mol. The highest BCUT2D eigenvalue weighted by Crippen LogP contribution is 2.66. The van der Waals surface area contributed by atoms with Crippen LogP contribution in [0, 0.1) is 0 Å². The molecule has 1 nitrogen and oxygen atoms in total. The molecule has 0 unspecified atom stereocenters. The first-order chi connectivity index (χ1) is 32.0. The summed E-state index contributed by atoms with van der Waals surface area (Å²) in [7, 11) is 0. The Bertz CT molecular complexity index is 3440. The fraction of sp³-hybridized carbons (Fsp3) is 0.0625. The molecule has 0 N–H and O–H groups in total. The molecule has 0 bridgehead atoms. The summed E-state index contributed by atoms with van der Waals surface area (Å²) in [4.78, 5) is 2.34. The summed E-state index contributed by atoms with van der Waals surface area (Å²) in [5, 5.41) is 0. The van der Waals surface area contributed by atoms with Crippen molar-refractivity contribution >= 4 is 17.1 Å². The highest BCUT2D eigenvalue weighted by molar-refractivity contribution is 6.03. The minimum Gasteiger partial charge on any atom is -0.310 e. The van der Waals surface area contributed by atoms with Crippen LogP contribution in [-0.2, 0) is 10.8 Å². The molecule has 0 heterocycles. The molecule has 10 aromatic carbocycles. The first-order valence-corrected chi connectivity index (χ1v) is 22.8. The summed E-state index contributed by atoms with van der Waals surface area (Å²) in [6, 6.07) is 87.7. The maximum Gasteiger partial charge on any atom is 0.0725 e. The molecule has 1 heteroatoms. The minimum absolute atomic E-state index is 0.168. The Kier molecular flexibility index (Phi) is 8.24. The first-order valence-electron chi connectivity index (χ1n) is 22.8. The number of anilines is 3. The molecular formula is C64H45N. The van der Waals surface area contributed by atoms with Gasteiger partial charge in [-0.05, 0) is 143 Å². The second-order valence-electron chi connectivity index (χ2n) is 18.4. The maximum atomic E-state index is 2.47. The van der Waals surface area contributed by atoms with Gasteiger partial charge in [0.2, 0.25) is 0 Å². The van der Waals surface area contributed by atoms with Gasteiger partial charge in [0, 0.05) is 22.5 Å². The van der Waals surface area contributed by atoms with Crippen LogP contribution in [0.3, 0.4) is 0 Å². The number of benzene rings is 10. The van der Waals surface area contributed by atoms with Crippen molar-refractivity contribution in [3.05, 3.63) is 270 Å². The lowest BCUT2D eigenvalue weighted by Gasteiger charge is -2.31. The van der Waals surface area contributed by atoms with Crippen molar-refractivity contribution in [2.75, 3.05) is 4.90 Å². The zero-order valence-corrected chi connectivity index (χ0v) is 36.5. The lowest BCUT2D eigenvalue weighted by atomic mass is 9.70. The van der Waals surface area contributed by atoms with Gasteiger partial charge in [0.05, 0.1) is 5.41 Å². The Morgan fingerprint density at radius 1 is 0.262 bits per heavy atom. The molecule has 0 atom stereocenters. The molecule has 1 spiro atoms. The summed E-state index contributed by atoms with van der Waals surface area (Å²) >= 11 is 0. The van der Waals surface area contributed by atoms with Crippen LogP contribution in [0.5, 0.6) is 0 Å². The summed E-state index contributed by atoms with van der Waals surface area (Å²) in [5.41, 5.74) is 26.6. The fourth-order valence-electron chi connectivity index (χ4n) is 11.7. The predicted octanol–water partition coefficient (Wildman–Crippen LogP) is 16.8. The highest BCUT2D eigenvalue weighted by atomic mass is 15.1. The molecule has 306 valence electrons. The van der Waals surface area contributed by atoms with Crippen molar-refractivity contribution in [3.8, 4) is 66.8 Å². The van der Waals surface area contributed by atoms with E-state index < -0.39 is 0 Å². The molecule has 0 aliphatic heterocycles. The van der Waals surface area contributed by atoms with Crippen LogP contribution in [0.15, 0.2) is 237 Å². The van der Waals surface area contributed by atoms with Crippen LogP contribution in [0.4, 0.5) is 17.1 Å². The van der Waals surface area contributed by atoms with E-state index in [-0.39, 0.29) is 10.8 Å². The highest BCUT2D eigenvalue weighted by Gasteiger charge is 2.53. The molecule has 0 saturated carbocycles. The Labute approximate surface area is 381 Å². The number of hydrogen-bond acceptors (Lipinski definition) is 1. The van der Waals surface area contributed by atoms with Gasteiger partial charge < -0.3 is 4.90 Å². The molecule has 3 aliphatic carbocycles.